The van der Waals surface area contributed by atoms with Crippen molar-refractivity contribution in [1.29, 1.82) is 0 Å². The number of halogens is 2. The van der Waals surface area contributed by atoms with Gasteiger partial charge in [0.15, 0.2) is 0 Å². The number of methoxy groups -OCH3 is 1. The summed E-state index contributed by atoms with van der Waals surface area (Å²) < 4.78 is 19.9. The molecule has 1 aliphatic rings. The first-order valence-corrected chi connectivity index (χ1v) is 10.9. The average molecular weight is 474 g/mol. The van der Waals surface area contributed by atoms with E-state index in [1.54, 1.807) is 19.2 Å². The minimum absolute atomic E-state index is 0.165. The van der Waals surface area contributed by atoms with E-state index in [2.05, 4.69) is 49.5 Å². The van der Waals surface area contributed by atoms with Gasteiger partial charge in [-0.1, -0.05) is 15.9 Å². The van der Waals surface area contributed by atoms with Crippen molar-refractivity contribution < 1.29 is 13.9 Å². The summed E-state index contributed by atoms with van der Waals surface area (Å²) in [5.74, 6) is 0.762. The molecule has 1 amide bonds. The number of piperidine rings is 1. The molecule has 0 atom stereocenters. The summed E-state index contributed by atoms with van der Waals surface area (Å²) in [5.41, 5.74) is 2.69. The molecule has 0 unspecified atom stereocenters. The van der Waals surface area contributed by atoms with Crippen LogP contribution in [0, 0.1) is 5.82 Å². The van der Waals surface area contributed by atoms with Crippen LogP contribution in [0.25, 0.3) is 10.9 Å². The molecule has 4 rings (SSSR count). The molecular weight excluding hydrogens is 449 g/mol. The number of aromatic amines is 1. The van der Waals surface area contributed by atoms with Gasteiger partial charge in [0.2, 0.25) is 5.91 Å². The van der Waals surface area contributed by atoms with Gasteiger partial charge in [0, 0.05) is 34.5 Å². The van der Waals surface area contributed by atoms with E-state index in [9.17, 15) is 9.18 Å². The fourth-order valence-corrected chi connectivity index (χ4v) is 4.45. The monoisotopic (exact) mass is 473 g/mol. The highest BCUT2D eigenvalue weighted by molar-refractivity contribution is 9.10. The Bertz CT molecular complexity index is 1040. The van der Waals surface area contributed by atoms with Crippen LogP contribution in [-0.2, 0) is 4.79 Å². The van der Waals surface area contributed by atoms with Crippen molar-refractivity contribution in [2.24, 2.45) is 0 Å². The number of fused-ring (bicyclic) bond motifs is 1. The van der Waals surface area contributed by atoms with Gasteiger partial charge in [-0.25, -0.2) is 4.39 Å². The van der Waals surface area contributed by atoms with Gasteiger partial charge in [0.25, 0.3) is 0 Å². The topological polar surface area (TPSA) is 57.4 Å². The Kier molecular flexibility index (Phi) is 6.39. The second-order valence-corrected chi connectivity index (χ2v) is 8.61. The Balaban J connectivity index is 1.29. The standard InChI is InChI=1S/C23H25BrFN3O2/c1-30-17-3-5-21-18(13-17)19(14-26-21)15-6-9-28(10-7-15)11-8-23(29)27-22-4-2-16(24)12-20(22)25/h2-5,12-15,26H,6-11H2,1H3,(H,27,29). The Hall–Kier alpha value is -2.38. The first kappa shape index (κ1) is 20.9. The molecule has 1 fully saturated rings. The zero-order valence-corrected chi connectivity index (χ0v) is 18.5. The Labute approximate surface area is 183 Å². The summed E-state index contributed by atoms with van der Waals surface area (Å²) in [6.07, 6.45) is 4.56. The number of nitrogens with zero attached hydrogens (tertiary/aromatic N) is 1. The van der Waals surface area contributed by atoms with Gasteiger partial charge < -0.3 is 19.9 Å². The number of H-pyrrole nitrogens is 1. The van der Waals surface area contributed by atoms with Crippen LogP contribution in [0.2, 0.25) is 0 Å². The second kappa shape index (κ2) is 9.18. The molecule has 1 saturated heterocycles. The summed E-state index contributed by atoms with van der Waals surface area (Å²) >= 11 is 3.22. The minimum atomic E-state index is -0.436. The molecule has 0 spiro atoms. The summed E-state index contributed by atoms with van der Waals surface area (Å²) in [6.45, 7) is 2.57. The van der Waals surface area contributed by atoms with Crippen molar-refractivity contribution in [2.75, 3.05) is 32.1 Å². The lowest BCUT2D eigenvalue weighted by molar-refractivity contribution is -0.116. The van der Waals surface area contributed by atoms with E-state index in [-0.39, 0.29) is 11.6 Å². The SMILES string of the molecule is COc1ccc2[nH]cc(C3CCN(CCC(=O)Nc4ccc(Br)cc4F)CC3)c2c1. The molecule has 2 N–H and O–H groups in total. The Morgan fingerprint density at radius 3 is 2.80 bits per heavy atom. The van der Waals surface area contributed by atoms with Gasteiger partial charge in [-0.3, -0.25) is 4.79 Å². The largest absolute Gasteiger partial charge is 0.497 e. The molecule has 1 aromatic heterocycles. The highest BCUT2D eigenvalue weighted by Gasteiger charge is 2.23. The van der Waals surface area contributed by atoms with E-state index >= 15 is 0 Å². The molecule has 158 valence electrons. The number of carbonyl (C=O) groups is 1. The van der Waals surface area contributed by atoms with E-state index in [0.717, 1.165) is 37.2 Å². The Morgan fingerprint density at radius 2 is 2.07 bits per heavy atom. The lowest BCUT2D eigenvalue weighted by atomic mass is 9.89. The van der Waals surface area contributed by atoms with Crippen molar-refractivity contribution in [3.8, 4) is 5.75 Å². The molecule has 5 nitrogen and oxygen atoms in total. The highest BCUT2D eigenvalue weighted by Crippen LogP contribution is 2.34. The lowest BCUT2D eigenvalue weighted by Crippen LogP contribution is -2.35. The zero-order chi connectivity index (χ0) is 21.1. The third kappa shape index (κ3) is 4.68. The average Bonchev–Trinajstić information content (AvgIpc) is 3.18. The van der Waals surface area contributed by atoms with E-state index < -0.39 is 5.82 Å². The first-order valence-electron chi connectivity index (χ1n) is 10.2. The maximum absolute atomic E-state index is 13.9. The molecular formula is C23H25BrFN3O2. The number of anilines is 1. The van der Waals surface area contributed by atoms with Gasteiger partial charge in [-0.05, 0) is 73.8 Å². The molecule has 2 aromatic carbocycles. The van der Waals surface area contributed by atoms with Crippen LogP contribution >= 0.6 is 15.9 Å². The van der Waals surface area contributed by atoms with Crippen LogP contribution in [0.4, 0.5) is 10.1 Å². The van der Waals surface area contributed by atoms with Gasteiger partial charge >= 0.3 is 0 Å². The molecule has 0 radical (unpaired) electrons. The zero-order valence-electron chi connectivity index (χ0n) is 16.9. The number of rotatable bonds is 6. The summed E-state index contributed by atoms with van der Waals surface area (Å²) in [4.78, 5) is 17.9. The van der Waals surface area contributed by atoms with Crippen LogP contribution in [0.15, 0.2) is 47.1 Å². The Morgan fingerprint density at radius 1 is 1.27 bits per heavy atom. The predicted octanol–water partition coefficient (Wildman–Crippen LogP) is 5.29. The smallest absolute Gasteiger partial charge is 0.225 e. The van der Waals surface area contributed by atoms with Crippen LogP contribution in [0.3, 0.4) is 0 Å². The van der Waals surface area contributed by atoms with Crippen molar-refractivity contribution >= 4 is 38.4 Å². The van der Waals surface area contributed by atoms with E-state index in [1.165, 1.54) is 17.0 Å². The number of likely N-dealkylation sites (tertiary alicyclic amines) is 1. The highest BCUT2D eigenvalue weighted by atomic mass is 79.9. The number of amides is 1. The number of hydrogen-bond acceptors (Lipinski definition) is 3. The van der Waals surface area contributed by atoms with Crippen molar-refractivity contribution in [1.82, 2.24) is 9.88 Å². The molecule has 0 saturated carbocycles. The van der Waals surface area contributed by atoms with Crippen LogP contribution in [0.1, 0.15) is 30.7 Å². The summed E-state index contributed by atoms with van der Waals surface area (Å²) in [6, 6.07) is 10.7. The number of benzene rings is 2. The quantitative estimate of drug-likeness (QED) is 0.511. The van der Waals surface area contributed by atoms with Crippen molar-refractivity contribution in [2.45, 2.75) is 25.2 Å². The maximum Gasteiger partial charge on any atom is 0.225 e. The van der Waals surface area contributed by atoms with Gasteiger partial charge in [-0.2, -0.15) is 0 Å². The molecule has 1 aliphatic heterocycles. The first-order chi connectivity index (χ1) is 14.5. The van der Waals surface area contributed by atoms with E-state index in [0.29, 0.717) is 23.4 Å². The predicted molar refractivity (Wildman–Crippen MR) is 121 cm³/mol. The summed E-state index contributed by atoms with van der Waals surface area (Å²) in [5, 5.41) is 3.89. The number of nitrogens with one attached hydrogen (secondary N) is 2. The van der Waals surface area contributed by atoms with Crippen LogP contribution in [-0.4, -0.2) is 42.5 Å². The third-order valence-electron chi connectivity index (χ3n) is 5.81. The molecule has 0 aliphatic carbocycles. The molecule has 3 aromatic rings. The number of carbonyl (C=O) groups excluding carboxylic acids is 1. The summed E-state index contributed by atoms with van der Waals surface area (Å²) in [7, 11) is 1.69. The number of ether oxygens (including phenoxy) is 1. The van der Waals surface area contributed by atoms with Gasteiger partial charge in [-0.15, -0.1) is 0 Å². The van der Waals surface area contributed by atoms with Gasteiger partial charge in [0.05, 0.1) is 12.8 Å². The minimum Gasteiger partial charge on any atom is -0.497 e. The second-order valence-electron chi connectivity index (χ2n) is 7.69. The van der Waals surface area contributed by atoms with Gasteiger partial charge in [0.1, 0.15) is 11.6 Å². The lowest BCUT2D eigenvalue weighted by Gasteiger charge is -2.31. The van der Waals surface area contributed by atoms with E-state index in [4.69, 9.17) is 4.74 Å². The maximum atomic E-state index is 13.9. The van der Waals surface area contributed by atoms with Crippen LogP contribution < -0.4 is 10.1 Å². The van der Waals surface area contributed by atoms with Crippen molar-refractivity contribution in [3.05, 3.63) is 58.4 Å². The van der Waals surface area contributed by atoms with Crippen molar-refractivity contribution in [3.63, 3.8) is 0 Å². The van der Waals surface area contributed by atoms with E-state index in [1.807, 2.05) is 6.07 Å². The van der Waals surface area contributed by atoms with Crippen LogP contribution in [0.5, 0.6) is 5.75 Å². The molecule has 7 heteroatoms. The third-order valence-corrected chi connectivity index (χ3v) is 6.30. The molecule has 2 heterocycles. The molecule has 30 heavy (non-hydrogen) atoms. The fraction of sp³-hybridized carbons (Fsp3) is 0.348. The molecule has 0 bridgehead atoms. The number of aromatic nitrogens is 1. The fourth-order valence-electron chi connectivity index (χ4n) is 4.12. The number of hydrogen-bond donors (Lipinski definition) is 2. The normalized spacial score (nSPS) is 15.4.